The van der Waals surface area contributed by atoms with Gasteiger partial charge < -0.3 is 10.3 Å². The Morgan fingerprint density at radius 3 is 2.81 bits per heavy atom. The van der Waals surface area contributed by atoms with Crippen molar-refractivity contribution in [2.45, 2.75) is 39.7 Å². The summed E-state index contributed by atoms with van der Waals surface area (Å²) in [5.74, 6) is 0. The molecule has 1 heterocycles. The Balaban J connectivity index is 2.19. The minimum atomic E-state index is 0.0999. The van der Waals surface area contributed by atoms with Crippen LogP contribution in [0.2, 0.25) is 0 Å². The van der Waals surface area contributed by atoms with E-state index in [0.29, 0.717) is 5.56 Å². The van der Waals surface area contributed by atoms with Gasteiger partial charge in [-0.3, -0.25) is 0 Å². The molecule has 0 bridgehead atoms. The molecule has 1 aromatic carbocycles. The van der Waals surface area contributed by atoms with Crippen molar-refractivity contribution in [2.24, 2.45) is 11.1 Å². The highest BCUT2D eigenvalue weighted by Gasteiger charge is 2.33. The molecule has 1 aromatic heterocycles. The van der Waals surface area contributed by atoms with Crippen LogP contribution in [0, 0.1) is 23.7 Å². The fourth-order valence-electron chi connectivity index (χ4n) is 3.52. The molecule has 1 atom stereocenters. The summed E-state index contributed by atoms with van der Waals surface area (Å²) >= 11 is 0. The molecule has 1 aliphatic rings. The van der Waals surface area contributed by atoms with Crippen molar-refractivity contribution in [1.82, 2.24) is 4.57 Å². The predicted octanol–water partition coefficient (Wildman–Crippen LogP) is 3.63. The molecule has 3 nitrogen and oxygen atoms in total. The lowest BCUT2D eigenvalue weighted by Crippen LogP contribution is -2.30. The van der Waals surface area contributed by atoms with E-state index in [4.69, 9.17) is 11.0 Å². The van der Waals surface area contributed by atoms with Gasteiger partial charge in [-0.2, -0.15) is 5.26 Å². The molecule has 2 aromatic rings. The number of nitrogens with zero attached hydrogens (tertiary/aromatic N) is 2. The highest BCUT2D eigenvalue weighted by Crippen LogP contribution is 2.41. The number of rotatable bonds is 1. The lowest BCUT2D eigenvalue weighted by atomic mass is 9.74. The molecule has 0 saturated heterocycles. The van der Waals surface area contributed by atoms with E-state index in [1.165, 1.54) is 17.0 Å². The Morgan fingerprint density at radius 1 is 1.33 bits per heavy atom. The van der Waals surface area contributed by atoms with Gasteiger partial charge in [0.1, 0.15) is 0 Å². The summed E-state index contributed by atoms with van der Waals surface area (Å²) in [4.78, 5) is 0. The topological polar surface area (TPSA) is 54.7 Å². The average molecular weight is 279 g/mol. The van der Waals surface area contributed by atoms with E-state index in [9.17, 15) is 0 Å². The van der Waals surface area contributed by atoms with E-state index in [1.54, 1.807) is 0 Å². The number of nitrogens with two attached hydrogens (primary N) is 1. The maximum atomic E-state index is 9.11. The second-order valence-electron chi connectivity index (χ2n) is 6.84. The molecule has 0 radical (unpaired) electrons. The van der Waals surface area contributed by atoms with Gasteiger partial charge in [0.2, 0.25) is 0 Å². The molecule has 0 amide bonds. The van der Waals surface area contributed by atoms with Crippen LogP contribution in [0.5, 0.6) is 0 Å². The van der Waals surface area contributed by atoms with Gasteiger partial charge >= 0.3 is 0 Å². The zero-order valence-corrected chi connectivity index (χ0v) is 12.9. The van der Waals surface area contributed by atoms with Gasteiger partial charge in [0.15, 0.2) is 0 Å². The van der Waals surface area contributed by atoms with Crippen LogP contribution in [0.1, 0.15) is 48.8 Å². The van der Waals surface area contributed by atoms with Gasteiger partial charge in [0.25, 0.3) is 0 Å². The van der Waals surface area contributed by atoms with Crippen LogP contribution in [0.3, 0.4) is 0 Å². The Labute approximate surface area is 126 Å². The normalized spacial score (nSPS) is 19.9. The lowest BCUT2D eigenvalue weighted by molar-refractivity contribution is 0.278. The van der Waals surface area contributed by atoms with Gasteiger partial charge in [0.05, 0.1) is 11.6 Å². The minimum Gasteiger partial charge on any atom is -0.324 e. The fraction of sp³-hybridized carbons (Fsp3) is 0.389. The van der Waals surface area contributed by atoms with Crippen molar-refractivity contribution in [2.75, 3.05) is 0 Å². The molecule has 3 heteroatoms. The van der Waals surface area contributed by atoms with Crippen LogP contribution in [0.4, 0.5) is 0 Å². The summed E-state index contributed by atoms with van der Waals surface area (Å²) in [6.45, 7) is 6.65. The molecule has 108 valence electrons. The quantitative estimate of drug-likeness (QED) is 0.866. The van der Waals surface area contributed by atoms with Gasteiger partial charge in [0, 0.05) is 23.1 Å². The summed E-state index contributed by atoms with van der Waals surface area (Å²) in [5.41, 5.74) is 12.1. The Bertz CT molecular complexity index is 731. The van der Waals surface area contributed by atoms with Crippen molar-refractivity contribution < 1.29 is 0 Å². The Hall–Kier alpha value is -2.05. The number of aromatic nitrogens is 1. The summed E-state index contributed by atoms with van der Waals surface area (Å²) in [6, 6.07) is 12.3. The third-order valence-corrected chi connectivity index (χ3v) is 4.37. The molecule has 1 unspecified atom stereocenters. The highest BCUT2D eigenvalue weighted by atomic mass is 15.0. The first-order valence-corrected chi connectivity index (χ1v) is 7.38. The largest absolute Gasteiger partial charge is 0.324 e. The van der Waals surface area contributed by atoms with E-state index in [0.717, 1.165) is 18.5 Å². The molecule has 0 saturated carbocycles. The minimum absolute atomic E-state index is 0.0999. The molecule has 21 heavy (non-hydrogen) atoms. The number of nitriles is 1. The first-order valence-electron chi connectivity index (χ1n) is 7.38. The van der Waals surface area contributed by atoms with Gasteiger partial charge in [-0.15, -0.1) is 0 Å². The van der Waals surface area contributed by atoms with Crippen LogP contribution in [-0.4, -0.2) is 4.57 Å². The molecule has 2 N–H and O–H groups in total. The monoisotopic (exact) mass is 279 g/mol. The van der Waals surface area contributed by atoms with E-state index in [-0.39, 0.29) is 11.5 Å². The van der Waals surface area contributed by atoms with Gasteiger partial charge in [-0.05, 0) is 55.0 Å². The molecule has 0 spiro atoms. The number of hydrogen-bond donors (Lipinski definition) is 1. The Morgan fingerprint density at radius 2 is 2.10 bits per heavy atom. The van der Waals surface area contributed by atoms with Crippen molar-refractivity contribution in [3.63, 3.8) is 0 Å². The zero-order valence-electron chi connectivity index (χ0n) is 12.9. The van der Waals surface area contributed by atoms with Crippen LogP contribution in [0.15, 0.2) is 30.3 Å². The van der Waals surface area contributed by atoms with Crippen LogP contribution >= 0.6 is 0 Å². The fourth-order valence-corrected chi connectivity index (χ4v) is 3.52. The first kappa shape index (κ1) is 13.9. The van der Waals surface area contributed by atoms with Crippen LogP contribution < -0.4 is 5.73 Å². The SMILES string of the molecule is Cc1cc2c(n1-c1cccc(C#N)c1)CC(C)(C)CC2N. The first-order chi connectivity index (χ1) is 9.91. The molecular weight excluding hydrogens is 258 g/mol. The van der Waals surface area contributed by atoms with Crippen LogP contribution in [0.25, 0.3) is 5.69 Å². The van der Waals surface area contributed by atoms with E-state index in [1.807, 2.05) is 18.2 Å². The summed E-state index contributed by atoms with van der Waals surface area (Å²) in [7, 11) is 0. The van der Waals surface area contributed by atoms with E-state index < -0.39 is 0 Å². The van der Waals surface area contributed by atoms with Crippen molar-refractivity contribution in [1.29, 1.82) is 5.26 Å². The average Bonchev–Trinajstić information content (AvgIpc) is 2.74. The van der Waals surface area contributed by atoms with Crippen molar-refractivity contribution in [3.8, 4) is 11.8 Å². The lowest BCUT2D eigenvalue weighted by Gasteiger charge is -2.34. The number of fused-ring (bicyclic) bond motifs is 1. The molecular formula is C18H21N3. The second-order valence-corrected chi connectivity index (χ2v) is 6.84. The Kier molecular flexibility index (Phi) is 3.15. The van der Waals surface area contributed by atoms with Crippen LogP contribution in [-0.2, 0) is 6.42 Å². The molecule has 0 aliphatic heterocycles. The van der Waals surface area contributed by atoms with Gasteiger partial charge in [-0.1, -0.05) is 19.9 Å². The highest BCUT2D eigenvalue weighted by molar-refractivity contribution is 5.47. The van der Waals surface area contributed by atoms with Crippen molar-refractivity contribution in [3.05, 3.63) is 52.8 Å². The zero-order chi connectivity index (χ0) is 15.2. The molecule has 0 fully saturated rings. The second kappa shape index (κ2) is 4.75. The maximum absolute atomic E-state index is 9.11. The third kappa shape index (κ3) is 2.36. The summed E-state index contributed by atoms with van der Waals surface area (Å²) < 4.78 is 2.26. The predicted molar refractivity (Wildman–Crippen MR) is 84.3 cm³/mol. The van der Waals surface area contributed by atoms with Gasteiger partial charge in [-0.25, -0.2) is 0 Å². The molecule has 3 rings (SSSR count). The number of hydrogen-bond acceptors (Lipinski definition) is 2. The van der Waals surface area contributed by atoms with Crippen molar-refractivity contribution >= 4 is 0 Å². The number of benzene rings is 1. The number of aryl methyl sites for hydroxylation is 1. The molecule has 1 aliphatic carbocycles. The standard InChI is InChI=1S/C18H21N3/c1-12-7-15-16(20)9-18(2,3)10-17(15)21(12)14-6-4-5-13(8-14)11-19/h4-8,16H,9-10,20H2,1-3H3. The maximum Gasteiger partial charge on any atom is 0.0992 e. The smallest absolute Gasteiger partial charge is 0.0992 e. The van der Waals surface area contributed by atoms with E-state index >= 15 is 0 Å². The summed E-state index contributed by atoms with van der Waals surface area (Å²) in [6.07, 6.45) is 2.03. The summed E-state index contributed by atoms with van der Waals surface area (Å²) in [5, 5.41) is 9.11. The third-order valence-electron chi connectivity index (χ3n) is 4.37. The van der Waals surface area contributed by atoms with E-state index in [2.05, 4.69) is 43.5 Å².